The fourth-order valence-corrected chi connectivity index (χ4v) is 1.40. The Kier molecular flexibility index (Phi) is 3.90. The molecule has 6 nitrogen and oxygen atoms in total. The zero-order chi connectivity index (χ0) is 13.9. The lowest BCUT2D eigenvalue weighted by molar-refractivity contribution is -0.385. The minimum Gasteiger partial charge on any atom is -0.481 e. The van der Waals surface area contributed by atoms with Gasteiger partial charge < -0.3 is 10.4 Å². The molecule has 0 aliphatic carbocycles. The van der Waals surface area contributed by atoms with Crippen LogP contribution in [0.25, 0.3) is 0 Å². The highest BCUT2D eigenvalue weighted by atomic mass is 16.6. The molecular formula is C12H16N2O4. The van der Waals surface area contributed by atoms with E-state index < -0.39 is 16.3 Å². The average molecular weight is 252 g/mol. The average Bonchev–Trinajstić information content (AvgIpc) is 2.27. The van der Waals surface area contributed by atoms with Gasteiger partial charge in [0, 0.05) is 23.9 Å². The number of nitrogens with zero attached hydrogens (tertiary/aromatic N) is 1. The molecule has 98 valence electrons. The van der Waals surface area contributed by atoms with Crippen LogP contribution in [0, 0.1) is 22.5 Å². The number of nitro benzene ring substituents is 1. The molecule has 1 aromatic carbocycles. The number of aliphatic carboxylic acids is 1. The highest BCUT2D eigenvalue weighted by molar-refractivity contribution is 5.74. The number of carboxylic acid groups (broad SMARTS) is 1. The Morgan fingerprint density at radius 1 is 1.50 bits per heavy atom. The summed E-state index contributed by atoms with van der Waals surface area (Å²) in [4.78, 5) is 21.3. The van der Waals surface area contributed by atoms with E-state index in [2.05, 4.69) is 5.32 Å². The Balaban J connectivity index is 2.90. The van der Waals surface area contributed by atoms with Crippen molar-refractivity contribution in [3.05, 3.63) is 33.9 Å². The van der Waals surface area contributed by atoms with Crippen molar-refractivity contribution in [3.8, 4) is 0 Å². The summed E-state index contributed by atoms with van der Waals surface area (Å²) in [5.74, 6) is -0.918. The zero-order valence-corrected chi connectivity index (χ0v) is 10.6. The van der Waals surface area contributed by atoms with Crippen LogP contribution in [0.2, 0.25) is 0 Å². The van der Waals surface area contributed by atoms with Crippen molar-refractivity contribution in [1.29, 1.82) is 0 Å². The standard InChI is InChI=1S/C12H16N2O4/c1-8-9(5-4-6-10(8)14(17)18)13-7-12(2,3)11(15)16/h4-6,13H,7H2,1-3H3,(H,15,16). The molecule has 0 amide bonds. The SMILES string of the molecule is Cc1c(NCC(C)(C)C(=O)O)cccc1[N+](=O)[O-]. The van der Waals surface area contributed by atoms with Crippen LogP contribution in [0.1, 0.15) is 19.4 Å². The third-order valence-electron chi connectivity index (χ3n) is 2.80. The van der Waals surface area contributed by atoms with Crippen LogP contribution in [-0.4, -0.2) is 22.5 Å². The molecule has 0 saturated carbocycles. The Bertz CT molecular complexity index is 483. The maximum atomic E-state index is 11.0. The molecule has 0 saturated heterocycles. The van der Waals surface area contributed by atoms with E-state index in [0.29, 0.717) is 11.3 Å². The molecule has 2 N–H and O–H groups in total. The van der Waals surface area contributed by atoms with Crippen molar-refractivity contribution in [3.63, 3.8) is 0 Å². The van der Waals surface area contributed by atoms with Crippen LogP contribution in [0.4, 0.5) is 11.4 Å². The van der Waals surface area contributed by atoms with Crippen molar-refractivity contribution < 1.29 is 14.8 Å². The van der Waals surface area contributed by atoms with Crippen molar-refractivity contribution in [2.24, 2.45) is 5.41 Å². The Labute approximate surface area is 105 Å². The first kappa shape index (κ1) is 14.0. The number of nitro groups is 1. The number of carboxylic acids is 1. The highest BCUT2D eigenvalue weighted by Crippen LogP contribution is 2.26. The number of carbonyl (C=O) groups is 1. The maximum absolute atomic E-state index is 11.0. The number of hydrogen-bond acceptors (Lipinski definition) is 4. The minimum absolute atomic E-state index is 0.0214. The summed E-state index contributed by atoms with van der Waals surface area (Å²) in [6.45, 7) is 5.02. The molecular weight excluding hydrogens is 236 g/mol. The number of hydrogen-bond donors (Lipinski definition) is 2. The normalized spacial score (nSPS) is 11.1. The summed E-state index contributed by atoms with van der Waals surface area (Å²) >= 11 is 0. The second kappa shape index (κ2) is 5.03. The summed E-state index contributed by atoms with van der Waals surface area (Å²) in [6.07, 6.45) is 0. The predicted molar refractivity (Wildman–Crippen MR) is 67.7 cm³/mol. The lowest BCUT2D eigenvalue weighted by Gasteiger charge is -2.21. The van der Waals surface area contributed by atoms with E-state index in [1.807, 2.05) is 0 Å². The maximum Gasteiger partial charge on any atom is 0.310 e. The summed E-state index contributed by atoms with van der Waals surface area (Å²) in [5.41, 5.74) is 0.173. The Hall–Kier alpha value is -2.11. The van der Waals surface area contributed by atoms with Crippen molar-refractivity contribution in [2.45, 2.75) is 20.8 Å². The fraction of sp³-hybridized carbons (Fsp3) is 0.417. The van der Waals surface area contributed by atoms with Gasteiger partial charge in [-0.15, -0.1) is 0 Å². The van der Waals surface area contributed by atoms with Gasteiger partial charge in [-0.25, -0.2) is 0 Å². The van der Waals surface area contributed by atoms with E-state index in [9.17, 15) is 14.9 Å². The summed E-state index contributed by atoms with van der Waals surface area (Å²) in [7, 11) is 0. The molecule has 0 spiro atoms. The van der Waals surface area contributed by atoms with E-state index in [0.717, 1.165) is 0 Å². The molecule has 0 atom stereocenters. The first-order valence-corrected chi connectivity index (χ1v) is 5.47. The van der Waals surface area contributed by atoms with Crippen LogP contribution in [0.15, 0.2) is 18.2 Å². The Morgan fingerprint density at radius 2 is 2.11 bits per heavy atom. The van der Waals surface area contributed by atoms with Gasteiger partial charge in [-0.1, -0.05) is 6.07 Å². The van der Waals surface area contributed by atoms with Crippen molar-refractivity contribution in [1.82, 2.24) is 0 Å². The van der Waals surface area contributed by atoms with E-state index in [-0.39, 0.29) is 12.2 Å². The lowest BCUT2D eigenvalue weighted by atomic mass is 9.93. The highest BCUT2D eigenvalue weighted by Gasteiger charge is 2.27. The number of benzene rings is 1. The van der Waals surface area contributed by atoms with Gasteiger partial charge in [0.1, 0.15) is 0 Å². The third-order valence-corrected chi connectivity index (χ3v) is 2.80. The van der Waals surface area contributed by atoms with Crippen LogP contribution in [0.5, 0.6) is 0 Å². The van der Waals surface area contributed by atoms with Gasteiger partial charge in [-0.05, 0) is 26.8 Å². The molecule has 0 heterocycles. The van der Waals surface area contributed by atoms with E-state index >= 15 is 0 Å². The molecule has 1 rings (SSSR count). The smallest absolute Gasteiger partial charge is 0.310 e. The molecule has 0 bridgehead atoms. The van der Waals surface area contributed by atoms with E-state index in [1.165, 1.54) is 6.07 Å². The summed E-state index contributed by atoms with van der Waals surface area (Å²) in [5, 5.41) is 22.7. The topological polar surface area (TPSA) is 92.5 Å². The lowest BCUT2D eigenvalue weighted by Crippen LogP contribution is -2.31. The second-order valence-corrected chi connectivity index (χ2v) is 4.75. The van der Waals surface area contributed by atoms with Crippen LogP contribution >= 0.6 is 0 Å². The van der Waals surface area contributed by atoms with Gasteiger partial charge in [0.2, 0.25) is 0 Å². The molecule has 18 heavy (non-hydrogen) atoms. The van der Waals surface area contributed by atoms with Crippen molar-refractivity contribution in [2.75, 3.05) is 11.9 Å². The minimum atomic E-state index is -0.933. The molecule has 0 aliphatic rings. The van der Waals surface area contributed by atoms with Gasteiger partial charge in [0.05, 0.1) is 10.3 Å². The number of rotatable bonds is 5. The van der Waals surface area contributed by atoms with Gasteiger partial charge in [0.25, 0.3) is 5.69 Å². The molecule has 0 fully saturated rings. The first-order valence-electron chi connectivity index (χ1n) is 5.47. The molecule has 0 aliphatic heterocycles. The fourth-order valence-electron chi connectivity index (χ4n) is 1.40. The quantitative estimate of drug-likeness (QED) is 0.620. The predicted octanol–water partition coefficient (Wildman–Crippen LogP) is 2.43. The van der Waals surface area contributed by atoms with Crippen LogP contribution < -0.4 is 5.32 Å². The molecule has 0 radical (unpaired) electrons. The molecule has 0 aromatic heterocycles. The van der Waals surface area contributed by atoms with Gasteiger partial charge >= 0.3 is 5.97 Å². The number of anilines is 1. The Morgan fingerprint density at radius 3 is 2.61 bits per heavy atom. The summed E-state index contributed by atoms with van der Waals surface area (Å²) in [6, 6.07) is 4.68. The zero-order valence-electron chi connectivity index (χ0n) is 10.6. The van der Waals surface area contributed by atoms with Crippen LogP contribution in [0.3, 0.4) is 0 Å². The van der Waals surface area contributed by atoms with E-state index in [4.69, 9.17) is 5.11 Å². The second-order valence-electron chi connectivity index (χ2n) is 4.75. The summed E-state index contributed by atoms with van der Waals surface area (Å²) < 4.78 is 0. The first-order chi connectivity index (χ1) is 8.25. The van der Waals surface area contributed by atoms with Gasteiger partial charge in [-0.3, -0.25) is 14.9 Å². The molecule has 0 unspecified atom stereocenters. The number of nitrogens with one attached hydrogen (secondary N) is 1. The third kappa shape index (κ3) is 2.97. The van der Waals surface area contributed by atoms with Crippen LogP contribution in [-0.2, 0) is 4.79 Å². The molecule has 6 heteroatoms. The molecule has 1 aromatic rings. The largest absolute Gasteiger partial charge is 0.481 e. The van der Waals surface area contributed by atoms with Gasteiger partial charge in [-0.2, -0.15) is 0 Å². The van der Waals surface area contributed by atoms with Crippen molar-refractivity contribution >= 4 is 17.3 Å². The van der Waals surface area contributed by atoms with Gasteiger partial charge in [0.15, 0.2) is 0 Å². The monoisotopic (exact) mass is 252 g/mol. The van der Waals surface area contributed by atoms with E-state index in [1.54, 1.807) is 32.9 Å².